The molecule has 1 aliphatic carbocycles. The van der Waals surface area contributed by atoms with Crippen molar-refractivity contribution < 1.29 is 13.9 Å². The second kappa shape index (κ2) is 1.97. The van der Waals surface area contributed by atoms with Crippen LogP contribution in [0.25, 0.3) is 0 Å². The molecular weight excluding hydrogens is 166 g/mol. The van der Waals surface area contributed by atoms with Crippen molar-refractivity contribution in [2.45, 2.75) is 29.9 Å². The van der Waals surface area contributed by atoms with E-state index >= 15 is 0 Å². The van der Waals surface area contributed by atoms with Crippen LogP contribution in [0.1, 0.15) is 12.8 Å². The lowest BCUT2D eigenvalue weighted by Gasteiger charge is -2.57. The number of halogens is 2. The highest BCUT2D eigenvalue weighted by atomic mass is 19.3. The Kier molecular flexibility index (Phi) is 1.37. The molecule has 0 bridgehead atoms. The molecule has 2 fully saturated rings. The lowest BCUT2D eigenvalue weighted by atomic mass is 9.61. The molecule has 1 saturated carbocycles. The van der Waals surface area contributed by atoms with E-state index < -0.39 is 29.9 Å². The Morgan fingerprint density at radius 1 is 1.25 bits per heavy atom. The molecule has 5 heteroatoms. The summed E-state index contributed by atoms with van der Waals surface area (Å²) in [6, 6.07) is 0. The van der Waals surface area contributed by atoms with E-state index in [1.807, 2.05) is 0 Å². The molecule has 2 aliphatic rings. The summed E-state index contributed by atoms with van der Waals surface area (Å²) >= 11 is 0. The summed E-state index contributed by atoms with van der Waals surface area (Å²) in [7, 11) is 0. The van der Waals surface area contributed by atoms with E-state index in [1.165, 1.54) is 0 Å². The summed E-state index contributed by atoms with van der Waals surface area (Å²) in [6.07, 6.45) is -0.781. The first kappa shape index (κ1) is 8.34. The molecule has 1 saturated heterocycles. The molecule has 0 aromatic carbocycles. The molecule has 0 atom stereocenters. The van der Waals surface area contributed by atoms with Gasteiger partial charge >= 0.3 is 0 Å². The minimum Gasteiger partial charge on any atom is -0.385 e. The third kappa shape index (κ3) is 0.901. The Bertz CT molecular complexity index is 207. The van der Waals surface area contributed by atoms with Crippen molar-refractivity contribution in [3.05, 3.63) is 0 Å². The van der Waals surface area contributed by atoms with Crippen LogP contribution in [-0.2, 0) is 0 Å². The molecule has 1 aliphatic heterocycles. The normalized spacial score (nSPS) is 35.0. The highest BCUT2D eigenvalue weighted by Gasteiger charge is 2.65. The van der Waals surface area contributed by atoms with E-state index in [-0.39, 0.29) is 0 Å². The summed E-state index contributed by atoms with van der Waals surface area (Å²) in [4.78, 5) is 0. The van der Waals surface area contributed by atoms with Gasteiger partial charge in [0.2, 0.25) is 0 Å². The standard InChI is InChI=1S/C7H12F2N2O/c8-7(9)1-5(10,2-7)6(12)3-11-4-6/h11-12H,1-4,10H2. The van der Waals surface area contributed by atoms with E-state index in [1.54, 1.807) is 0 Å². The highest BCUT2D eigenvalue weighted by Crippen LogP contribution is 2.50. The van der Waals surface area contributed by atoms with Gasteiger partial charge in [-0.1, -0.05) is 0 Å². The van der Waals surface area contributed by atoms with Crippen molar-refractivity contribution >= 4 is 0 Å². The minimum atomic E-state index is -2.67. The third-order valence-corrected chi connectivity index (χ3v) is 2.91. The summed E-state index contributed by atoms with van der Waals surface area (Å²) in [6.45, 7) is 0.666. The van der Waals surface area contributed by atoms with E-state index in [0.717, 1.165) is 0 Å². The molecular formula is C7H12F2N2O. The summed E-state index contributed by atoms with van der Waals surface area (Å²) < 4.78 is 25.0. The second-order valence-electron chi connectivity index (χ2n) is 4.00. The van der Waals surface area contributed by atoms with Crippen LogP contribution in [0.5, 0.6) is 0 Å². The Balaban J connectivity index is 2.06. The minimum absolute atomic E-state index is 0.333. The van der Waals surface area contributed by atoms with Crippen LogP contribution in [0.3, 0.4) is 0 Å². The number of nitrogens with two attached hydrogens (primary N) is 1. The predicted octanol–water partition coefficient (Wildman–Crippen LogP) is -0.553. The fourth-order valence-corrected chi connectivity index (χ4v) is 1.91. The molecule has 2 rings (SSSR count). The molecule has 0 aromatic heterocycles. The maximum atomic E-state index is 12.5. The lowest BCUT2D eigenvalue weighted by molar-refractivity contribution is -0.203. The van der Waals surface area contributed by atoms with Gasteiger partial charge in [-0.2, -0.15) is 0 Å². The SMILES string of the molecule is NC1(C2(O)CNC2)CC(F)(F)C1. The molecule has 0 aromatic rings. The summed E-state index contributed by atoms with van der Waals surface area (Å²) in [5.74, 6) is -2.67. The van der Waals surface area contributed by atoms with Crippen molar-refractivity contribution in [3.63, 3.8) is 0 Å². The van der Waals surface area contributed by atoms with Gasteiger partial charge in [-0.25, -0.2) is 8.78 Å². The van der Waals surface area contributed by atoms with Gasteiger partial charge in [0.1, 0.15) is 5.60 Å². The summed E-state index contributed by atoms with van der Waals surface area (Å²) in [5, 5.41) is 12.5. The monoisotopic (exact) mass is 178 g/mol. The molecule has 0 spiro atoms. The smallest absolute Gasteiger partial charge is 0.251 e. The average molecular weight is 178 g/mol. The first-order valence-corrected chi connectivity index (χ1v) is 3.97. The summed E-state index contributed by atoms with van der Waals surface area (Å²) in [5.41, 5.74) is 3.48. The Morgan fingerprint density at radius 2 is 1.75 bits per heavy atom. The second-order valence-corrected chi connectivity index (χ2v) is 4.00. The Morgan fingerprint density at radius 3 is 2.00 bits per heavy atom. The molecule has 4 N–H and O–H groups in total. The van der Waals surface area contributed by atoms with Gasteiger partial charge in [-0.3, -0.25) is 0 Å². The number of rotatable bonds is 1. The van der Waals surface area contributed by atoms with Crippen molar-refractivity contribution in [3.8, 4) is 0 Å². The molecule has 0 unspecified atom stereocenters. The first-order valence-electron chi connectivity index (χ1n) is 3.97. The molecule has 0 amide bonds. The van der Waals surface area contributed by atoms with Crippen molar-refractivity contribution in [1.29, 1.82) is 0 Å². The fourth-order valence-electron chi connectivity index (χ4n) is 1.91. The Hall–Kier alpha value is -0.260. The van der Waals surface area contributed by atoms with Gasteiger partial charge in [0.25, 0.3) is 5.92 Å². The zero-order chi connectivity index (χ0) is 9.04. The van der Waals surface area contributed by atoms with Gasteiger partial charge in [-0.15, -0.1) is 0 Å². The number of alkyl halides is 2. The highest BCUT2D eigenvalue weighted by molar-refractivity contribution is 5.19. The third-order valence-electron chi connectivity index (χ3n) is 2.91. The maximum absolute atomic E-state index is 12.5. The molecule has 70 valence electrons. The average Bonchev–Trinajstić information content (AvgIpc) is 1.77. The van der Waals surface area contributed by atoms with Crippen LogP contribution in [0.15, 0.2) is 0 Å². The maximum Gasteiger partial charge on any atom is 0.251 e. The van der Waals surface area contributed by atoms with E-state index in [2.05, 4.69) is 5.32 Å². The number of aliphatic hydroxyl groups is 1. The van der Waals surface area contributed by atoms with Crippen molar-refractivity contribution in [2.24, 2.45) is 5.73 Å². The van der Waals surface area contributed by atoms with Crippen molar-refractivity contribution in [1.82, 2.24) is 5.32 Å². The molecule has 3 nitrogen and oxygen atoms in total. The number of nitrogens with one attached hydrogen (secondary N) is 1. The van der Waals surface area contributed by atoms with Crippen molar-refractivity contribution in [2.75, 3.05) is 13.1 Å². The largest absolute Gasteiger partial charge is 0.385 e. The predicted molar refractivity (Wildman–Crippen MR) is 38.9 cm³/mol. The van der Waals surface area contributed by atoms with Crippen LogP contribution in [0.2, 0.25) is 0 Å². The zero-order valence-corrected chi connectivity index (χ0v) is 6.61. The number of hydrogen-bond donors (Lipinski definition) is 3. The fraction of sp³-hybridized carbons (Fsp3) is 1.00. The van der Waals surface area contributed by atoms with Gasteiger partial charge in [0.05, 0.1) is 5.54 Å². The van der Waals surface area contributed by atoms with Gasteiger partial charge in [0, 0.05) is 25.9 Å². The quantitative estimate of drug-likeness (QED) is 0.505. The molecule has 1 heterocycles. The molecule has 12 heavy (non-hydrogen) atoms. The van der Waals surface area contributed by atoms with Crippen LogP contribution >= 0.6 is 0 Å². The van der Waals surface area contributed by atoms with Crippen LogP contribution in [0.4, 0.5) is 8.78 Å². The van der Waals surface area contributed by atoms with E-state index in [4.69, 9.17) is 5.73 Å². The number of β-amino-alcohol motifs (C(OH)–C–C–N with tert-alkyl or cyclic N) is 1. The van der Waals surface area contributed by atoms with E-state index in [0.29, 0.717) is 13.1 Å². The topological polar surface area (TPSA) is 58.3 Å². The first-order chi connectivity index (χ1) is 5.37. The van der Waals surface area contributed by atoms with E-state index in [9.17, 15) is 13.9 Å². The zero-order valence-electron chi connectivity index (χ0n) is 6.61. The van der Waals surface area contributed by atoms with Gasteiger partial charge in [-0.05, 0) is 0 Å². The van der Waals surface area contributed by atoms with Crippen LogP contribution in [0, 0.1) is 0 Å². The van der Waals surface area contributed by atoms with Crippen LogP contribution in [-0.4, -0.2) is 35.3 Å². The number of hydrogen-bond acceptors (Lipinski definition) is 3. The Labute approximate surface area is 68.9 Å². The van der Waals surface area contributed by atoms with Gasteiger partial charge < -0.3 is 16.2 Å². The van der Waals surface area contributed by atoms with Crippen LogP contribution < -0.4 is 11.1 Å². The molecule has 0 radical (unpaired) electrons. The van der Waals surface area contributed by atoms with Gasteiger partial charge in [0.15, 0.2) is 0 Å². The lowest BCUT2D eigenvalue weighted by Crippen LogP contribution is -2.80.